The maximum absolute atomic E-state index is 14.4. The molecule has 2 atom stereocenters. The third kappa shape index (κ3) is 3.57. The molecule has 0 unspecified atom stereocenters. The lowest BCUT2D eigenvalue weighted by Gasteiger charge is -2.33. The summed E-state index contributed by atoms with van der Waals surface area (Å²) in [6.45, 7) is 2.52. The Balaban J connectivity index is 1.67. The zero-order valence-corrected chi connectivity index (χ0v) is 20.5. The number of hydrogen-bond acceptors (Lipinski definition) is 3. The highest BCUT2D eigenvalue weighted by molar-refractivity contribution is 9.10. The highest BCUT2D eigenvalue weighted by atomic mass is 79.9. The third-order valence-electron chi connectivity index (χ3n) is 7.04. The second kappa shape index (κ2) is 8.84. The largest absolute Gasteiger partial charge is 0.307 e. The van der Waals surface area contributed by atoms with E-state index in [1.165, 1.54) is 4.90 Å². The Bertz CT molecular complexity index is 1260. The number of anilines is 1. The molecule has 3 aromatic rings. The molecule has 172 valence electrons. The molecule has 0 saturated carbocycles. The fourth-order valence-electron chi connectivity index (χ4n) is 5.43. The zero-order chi connectivity index (χ0) is 23.9. The van der Waals surface area contributed by atoms with E-state index in [1.54, 1.807) is 11.8 Å². The van der Waals surface area contributed by atoms with Crippen LogP contribution in [0.25, 0.3) is 0 Å². The lowest BCUT2D eigenvalue weighted by atomic mass is 9.66. The Kier molecular flexibility index (Phi) is 5.86. The van der Waals surface area contributed by atoms with Crippen LogP contribution in [0.5, 0.6) is 0 Å². The van der Waals surface area contributed by atoms with Crippen LogP contribution >= 0.6 is 15.9 Å². The molecule has 0 aromatic heterocycles. The minimum absolute atomic E-state index is 0.0441. The SMILES string of the molecule is CCN1C(=O)C[C@H]([C@]2(Cc3ccc(Br)cc3)C(=O)N(Cc3ccccc3)c3ccccc32)C1=O. The molecule has 1 saturated heterocycles. The van der Waals surface area contributed by atoms with E-state index in [1.807, 2.05) is 78.9 Å². The van der Waals surface area contributed by atoms with E-state index >= 15 is 0 Å². The van der Waals surface area contributed by atoms with E-state index in [-0.39, 0.29) is 24.1 Å². The summed E-state index contributed by atoms with van der Waals surface area (Å²) in [5, 5.41) is 0. The summed E-state index contributed by atoms with van der Waals surface area (Å²) >= 11 is 3.48. The topological polar surface area (TPSA) is 57.7 Å². The molecule has 5 rings (SSSR count). The highest BCUT2D eigenvalue weighted by Gasteiger charge is 2.61. The Labute approximate surface area is 207 Å². The minimum Gasteiger partial charge on any atom is -0.307 e. The van der Waals surface area contributed by atoms with Crippen molar-refractivity contribution in [2.24, 2.45) is 5.92 Å². The standard InChI is InChI=1S/C28H25BrN2O3/c1-2-30-25(32)16-23(26(30)33)28(17-19-12-14-21(29)15-13-19)22-10-6-7-11-24(22)31(27(28)34)18-20-8-4-3-5-9-20/h3-15,23H,2,16-18H2,1H3/t23-,28+/m0/s1. The van der Waals surface area contributed by atoms with E-state index in [0.717, 1.165) is 26.9 Å². The van der Waals surface area contributed by atoms with Crippen molar-refractivity contribution in [2.75, 3.05) is 11.4 Å². The number of fused-ring (bicyclic) bond motifs is 1. The fourth-order valence-corrected chi connectivity index (χ4v) is 5.69. The van der Waals surface area contributed by atoms with Gasteiger partial charge in [-0.3, -0.25) is 19.3 Å². The number of benzene rings is 3. The van der Waals surface area contributed by atoms with Crippen molar-refractivity contribution in [3.8, 4) is 0 Å². The first kappa shape index (κ1) is 22.5. The van der Waals surface area contributed by atoms with Crippen LogP contribution < -0.4 is 4.90 Å². The maximum atomic E-state index is 14.4. The van der Waals surface area contributed by atoms with Crippen molar-refractivity contribution in [3.05, 3.63) is 100 Å². The van der Waals surface area contributed by atoms with Gasteiger partial charge in [0.15, 0.2) is 0 Å². The number of nitrogens with zero attached hydrogens (tertiary/aromatic N) is 2. The Morgan fingerprint density at radius 3 is 2.21 bits per heavy atom. The normalized spacial score (nSPS) is 21.9. The number of likely N-dealkylation sites (tertiary alicyclic amines) is 1. The molecule has 2 aliphatic rings. The van der Waals surface area contributed by atoms with Gasteiger partial charge in [0.1, 0.15) is 0 Å². The Morgan fingerprint density at radius 1 is 0.853 bits per heavy atom. The van der Waals surface area contributed by atoms with Crippen molar-refractivity contribution >= 4 is 39.3 Å². The number of halogens is 1. The van der Waals surface area contributed by atoms with E-state index in [2.05, 4.69) is 15.9 Å². The van der Waals surface area contributed by atoms with Gasteiger partial charge in [0, 0.05) is 23.1 Å². The first-order valence-corrected chi connectivity index (χ1v) is 12.3. The monoisotopic (exact) mass is 516 g/mol. The number of rotatable bonds is 6. The summed E-state index contributed by atoms with van der Waals surface area (Å²) in [5.41, 5.74) is 2.44. The zero-order valence-electron chi connectivity index (χ0n) is 18.9. The van der Waals surface area contributed by atoms with E-state index < -0.39 is 11.3 Å². The molecule has 1 fully saturated rings. The second-order valence-electron chi connectivity index (χ2n) is 8.90. The Hall–Kier alpha value is -3.25. The molecule has 3 aromatic carbocycles. The molecule has 6 heteroatoms. The molecule has 2 aliphatic heterocycles. The molecule has 0 radical (unpaired) electrons. The quantitative estimate of drug-likeness (QED) is 0.439. The van der Waals surface area contributed by atoms with Gasteiger partial charge in [0.25, 0.3) is 0 Å². The molecule has 2 heterocycles. The summed E-state index contributed by atoms with van der Waals surface area (Å²) in [7, 11) is 0. The molecule has 3 amide bonds. The molecule has 5 nitrogen and oxygen atoms in total. The molecule has 0 spiro atoms. The van der Waals surface area contributed by atoms with E-state index in [0.29, 0.717) is 19.5 Å². The molecular weight excluding hydrogens is 492 g/mol. The molecule has 34 heavy (non-hydrogen) atoms. The fraction of sp³-hybridized carbons (Fsp3) is 0.250. The number of para-hydroxylation sites is 1. The molecule has 0 aliphatic carbocycles. The first-order valence-electron chi connectivity index (χ1n) is 11.5. The minimum atomic E-state index is -1.14. The van der Waals surface area contributed by atoms with Crippen LogP contribution in [0.1, 0.15) is 30.0 Å². The van der Waals surface area contributed by atoms with Crippen molar-refractivity contribution in [3.63, 3.8) is 0 Å². The van der Waals surface area contributed by atoms with Crippen LogP contribution in [0.15, 0.2) is 83.3 Å². The smallest absolute Gasteiger partial charge is 0.239 e. The summed E-state index contributed by atoms with van der Waals surface area (Å²) in [4.78, 5) is 43.8. The predicted octanol–water partition coefficient (Wildman–Crippen LogP) is 4.87. The van der Waals surface area contributed by atoms with E-state index in [9.17, 15) is 14.4 Å². The molecular formula is C28H25BrN2O3. The van der Waals surface area contributed by atoms with Crippen molar-refractivity contribution in [1.29, 1.82) is 0 Å². The third-order valence-corrected chi connectivity index (χ3v) is 7.57. The highest BCUT2D eigenvalue weighted by Crippen LogP contribution is 2.51. The van der Waals surface area contributed by atoms with E-state index in [4.69, 9.17) is 0 Å². The van der Waals surface area contributed by atoms with Gasteiger partial charge in [-0.2, -0.15) is 0 Å². The number of hydrogen-bond donors (Lipinski definition) is 0. The lowest BCUT2D eigenvalue weighted by Crippen LogP contribution is -2.49. The number of imide groups is 1. The average Bonchev–Trinajstić information content (AvgIpc) is 3.27. The van der Waals surface area contributed by atoms with Gasteiger partial charge in [-0.05, 0) is 48.2 Å². The van der Waals surface area contributed by atoms with Crippen molar-refractivity contribution in [2.45, 2.75) is 31.7 Å². The van der Waals surface area contributed by atoms with Crippen LogP contribution in [0.4, 0.5) is 5.69 Å². The van der Waals surface area contributed by atoms with Gasteiger partial charge in [-0.15, -0.1) is 0 Å². The number of amides is 3. The maximum Gasteiger partial charge on any atom is 0.239 e. The van der Waals surface area contributed by atoms with Crippen molar-refractivity contribution < 1.29 is 14.4 Å². The van der Waals surface area contributed by atoms with Crippen LogP contribution in [-0.2, 0) is 32.8 Å². The summed E-state index contributed by atoms with van der Waals surface area (Å²) < 4.78 is 0.943. The van der Waals surface area contributed by atoms with Crippen LogP contribution in [-0.4, -0.2) is 29.2 Å². The van der Waals surface area contributed by atoms with Crippen LogP contribution in [0.3, 0.4) is 0 Å². The average molecular weight is 517 g/mol. The van der Waals surface area contributed by atoms with Crippen LogP contribution in [0, 0.1) is 5.92 Å². The predicted molar refractivity (Wildman–Crippen MR) is 134 cm³/mol. The van der Waals surface area contributed by atoms with Gasteiger partial charge >= 0.3 is 0 Å². The van der Waals surface area contributed by atoms with Crippen molar-refractivity contribution in [1.82, 2.24) is 4.90 Å². The van der Waals surface area contributed by atoms with Gasteiger partial charge < -0.3 is 4.90 Å². The summed E-state index contributed by atoms with van der Waals surface area (Å²) in [6.07, 6.45) is 0.394. The summed E-state index contributed by atoms with van der Waals surface area (Å²) in [5.74, 6) is -1.32. The number of carbonyl (C=O) groups is 3. The number of carbonyl (C=O) groups excluding carboxylic acids is 3. The molecule has 0 bridgehead atoms. The van der Waals surface area contributed by atoms with Gasteiger partial charge in [-0.25, -0.2) is 0 Å². The summed E-state index contributed by atoms with van der Waals surface area (Å²) in [6, 6.07) is 25.4. The van der Waals surface area contributed by atoms with Crippen LogP contribution in [0.2, 0.25) is 0 Å². The van der Waals surface area contributed by atoms with Gasteiger partial charge in [-0.1, -0.05) is 76.6 Å². The van der Waals surface area contributed by atoms with Gasteiger partial charge in [0.05, 0.1) is 17.9 Å². The lowest BCUT2D eigenvalue weighted by molar-refractivity contribution is -0.141. The second-order valence-corrected chi connectivity index (χ2v) is 9.82. The first-order chi connectivity index (χ1) is 16.5. The molecule has 0 N–H and O–H groups in total. The van der Waals surface area contributed by atoms with Gasteiger partial charge in [0.2, 0.25) is 17.7 Å². The Morgan fingerprint density at radius 2 is 1.53 bits per heavy atom.